The zero-order chi connectivity index (χ0) is 23.9. The molecule has 0 radical (unpaired) electrons. The molecule has 8 nitrogen and oxygen atoms in total. The van der Waals surface area contributed by atoms with Gasteiger partial charge >= 0.3 is 11.1 Å². The summed E-state index contributed by atoms with van der Waals surface area (Å²) < 4.78 is 28.3. The van der Waals surface area contributed by atoms with E-state index in [1.165, 1.54) is 16.8 Å². The molecule has 0 saturated heterocycles. The van der Waals surface area contributed by atoms with Crippen LogP contribution >= 0.6 is 11.6 Å². The van der Waals surface area contributed by atoms with Gasteiger partial charge in [-0.3, -0.25) is 14.5 Å². The Labute approximate surface area is 193 Å². The molecule has 11 heteroatoms. The molecule has 174 valence electrons. The van der Waals surface area contributed by atoms with Crippen molar-refractivity contribution >= 4 is 17.4 Å². The first kappa shape index (κ1) is 23.2. The van der Waals surface area contributed by atoms with Gasteiger partial charge in [-0.1, -0.05) is 0 Å². The SMILES string of the molecule is Cc1cc(-c2ccc(F)c(F)c2)nc2c1CN(C[C@](C)(O)Cn1cc([N+](=O)[O-])nc1Cl)CC2. The lowest BCUT2D eigenvalue weighted by Gasteiger charge is -2.35. The molecule has 0 bridgehead atoms. The van der Waals surface area contributed by atoms with Crippen LogP contribution in [0.4, 0.5) is 14.6 Å². The van der Waals surface area contributed by atoms with E-state index in [1.807, 2.05) is 13.0 Å². The number of hydrogen-bond acceptors (Lipinski definition) is 6. The summed E-state index contributed by atoms with van der Waals surface area (Å²) in [5.74, 6) is -2.19. The molecule has 1 aliphatic rings. The highest BCUT2D eigenvalue weighted by atomic mass is 35.5. The van der Waals surface area contributed by atoms with Crippen molar-refractivity contribution in [3.63, 3.8) is 0 Å². The molecule has 0 spiro atoms. The highest BCUT2D eigenvalue weighted by molar-refractivity contribution is 6.28. The number of aromatic nitrogens is 3. The largest absolute Gasteiger partial charge is 0.387 e. The number of rotatable bonds is 6. The highest BCUT2D eigenvalue weighted by Crippen LogP contribution is 2.28. The van der Waals surface area contributed by atoms with Crippen LogP contribution in [0.3, 0.4) is 0 Å². The average molecular weight is 478 g/mol. The number of imidazole rings is 1. The van der Waals surface area contributed by atoms with E-state index in [-0.39, 0.29) is 17.6 Å². The molecule has 1 aliphatic heterocycles. The summed E-state index contributed by atoms with van der Waals surface area (Å²) in [6, 6.07) is 5.58. The molecule has 0 fully saturated rings. The van der Waals surface area contributed by atoms with E-state index >= 15 is 0 Å². The number of nitrogens with zero attached hydrogens (tertiary/aromatic N) is 5. The summed E-state index contributed by atoms with van der Waals surface area (Å²) in [6.45, 7) is 5.12. The third kappa shape index (κ3) is 5.02. The molecule has 0 amide bonds. The fraction of sp³-hybridized carbons (Fsp3) is 0.364. The lowest BCUT2D eigenvalue weighted by atomic mass is 9.96. The normalized spacial score (nSPS) is 15.8. The summed E-state index contributed by atoms with van der Waals surface area (Å²) in [5, 5.41) is 21.8. The van der Waals surface area contributed by atoms with Crippen molar-refractivity contribution in [1.82, 2.24) is 19.4 Å². The lowest BCUT2D eigenvalue weighted by Crippen LogP contribution is -2.45. The Kier molecular flexibility index (Phi) is 6.17. The van der Waals surface area contributed by atoms with Crippen LogP contribution in [0.1, 0.15) is 23.7 Å². The number of aryl methyl sites for hydroxylation is 1. The van der Waals surface area contributed by atoms with Crippen molar-refractivity contribution in [3.8, 4) is 11.3 Å². The summed E-state index contributed by atoms with van der Waals surface area (Å²) in [6.07, 6.45) is 1.83. The maximum absolute atomic E-state index is 13.7. The number of hydrogen-bond donors (Lipinski definition) is 1. The van der Waals surface area contributed by atoms with Crippen LogP contribution in [-0.4, -0.2) is 48.2 Å². The van der Waals surface area contributed by atoms with E-state index in [9.17, 15) is 24.0 Å². The van der Waals surface area contributed by atoms with Crippen molar-refractivity contribution in [2.24, 2.45) is 0 Å². The molecular weight excluding hydrogens is 456 g/mol. The van der Waals surface area contributed by atoms with Gasteiger partial charge in [0.05, 0.1) is 17.8 Å². The summed E-state index contributed by atoms with van der Waals surface area (Å²) in [4.78, 5) is 20.7. The first-order valence-corrected chi connectivity index (χ1v) is 10.7. The lowest BCUT2D eigenvalue weighted by molar-refractivity contribution is -0.389. The van der Waals surface area contributed by atoms with Gasteiger partial charge in [0, 0.05) is 37.3 Å². The van der Waals surface area contributed by atoms with Gasteiger partial charge in [0.2, 0.25) is 0 Å². The number of aliphatic hydroxyl groups is 1. The predicted molar refractivity (Wildman–Crippen MR) is 118 cm³/mol. The quantitative estimate of drug-likeness (QED) is 0.427. The molecule has 4 rings (SSSR count). The van der Waals surface area contributed by atoms with Crippen molar-refractivity contribution in [2.75, 3.05) is 13.1 Å². The molecule has 1 atom stereocenters. The molecule has 0 saturated carbocycles. The van der Waals surface area contributed by atoms with E-state index < -0.39 is 22.2 Å². The fourth-order valence-corrected chi connectivity index (χ4v) is 4.37. The number of nitro groups is 1. The van der Waals surface area contributed by atoms with Gasteiger partial charge in [-0.05, 0) is 70.7 Å². The molecule has 1 N–H and O–H groups in total. The molecule has 3 aromatic rings. The van der Waals surface area contributed by atoms with E-state index in [2.05, 4.69) is 14.9 Å². The van der Waals surface area contributed by atoms with E-state index in [0.29, 0.717) is 37.3 Å². The Morgan fingerprint density at radius 1 is 1.24 bits per heavy atom. The Hall–Kier alpha value is -2.95. The third-order valence-corrected chi connectivity index (χ3v) is 5.97. The van der Waals surface area contributed by atoms with Crippen molar-refractivity contribution in [2.45, 2.75) is 39.0 Å². The molecule has 33 heavy (non-hydrogen) atoms. The topological polar surface area (TPSA) is 97.3 Å². The zero-order valence-electron chi connectivity index (χ0n) is 18.1. The first-order chi connectivity index (χ1) is 15.5. The van der Waals surface area contributed by atoms with Gasteiger partial charge in [-0.2, -0.15) is 0 Å². The minimum absolute atomic E-state index is 0.0440. The van der Waals surface area contributed by atoms with E-state index in [4.69, 9.17) is 11.6 Å². The molecule has 2 aromatic heterocycles. The maximum Gasteiger partial charge on any atom is 0.383 e. The number of fused-ring (bicyclic) bond motifs is 1. The Morgan fingerprint density at radius 3 is 2.67 bits per heavy atom. The second-order valence-corrected chi connectivity index (χ2v) is 8.93. The monoisotopic (exact) mass is 477 g/mol. The number of pyridine rings is 1. The van der Waals surface area contributed by atoms with E-state index in [1.54, 1.807) is 6.92 Å². The van der Waals surface area contributed by atoms with Gasteiger partial charge in [0.1, 0.15) is 6.20 Å². The van der Waals surface area contributed by atoms with Crippen LogP contribution in [-0.2, 0) is 19.5 Å². The molecular formula is C22H22ClF2N5O3. The fourth-order valence-electron chi connectivity index (χ4n) is 4.17. The molecule has 0 aliphatic carbocycles. The van der Waals surface area contributed by atoms with Crippen LogP contribution in [0.25, 0.3) is 11.3 Å². The molecule has 0 unspecified atom stereocenters. The zero-order valence-corrected chi connectivity index (χ0v) is 18.8. The standard InChI is InChI=1S/C22H22ClF2N5O3/c1-13-7-19(14-3-4-16(24)17(25)8-14)26-18-5-6-28(9-15(13)18)11-22(2,31)12-29-10-20(30(32)33)27-21(29)23/h3-4,7-8,10,31H,5-6,9,11-12H2,1-2H3/t22-/m0/s1. The second-order valence-electron chi connectivity index (χ2n) is 8.59. The van der Waals surface area contributed by atoms with Gasteiger partial charge in [0.25, 0.3) is 0 Å². The summed E-state index contributed by atoms with van der Waals surface area (Å²) >= 11 is 5.98. The van der Waals surface area contributed by atoms with Crippen LogP contribution in [0, 0.1) is 28.7 Å². The van der Waals surface area contributed by atoms with Crippen LogP contribution in [0.15, 0.2) is 30.5 Å². The summed E-state index contributed by atoms with van der Waals surface area (Å²) in [7, 11) is 0. The predicted octanol–water partition coefficient (Wildman–Crippen LogP) is 3.90. The average Bonchev–Trinajstić information content (AvgIpc) is 3.10. The first-order valence-electron chi connectivity index (χ1n) is 10.3. The maximum atomic E-state index is 13.7. The van der Waals surface area contributed by atoms with Crippen LogP contribution < -0.4 is 0 Å². The third-order valence-electron chi connectivity index (χ3n) is 5.67. The van der Waals surface area contributed by atoms with Crippen molar-refractivity contribution in [1.29, 1.82) is 0 Å². The number of halogens is 3. The second kappa shape index (κ2) is 8.77. The molecule has 1 aromatic carbocycles. The van der Waals surface area contributed by atoms with Crippen LogP contribution in [0.2, 0.25) is 5.28 Å². The highest BCUT2D eigenvalue weighted by Gasteiger charge is 2.30. The minimum Gasteiger partial charge on any atom is -0.387 e. The Morgan fingerprint density at radius 2 is 2.00 bits per heavy atom. The minimum atomic E-state index is -1.22. The van der Waals surface area contributed by atoms with Gasteiger partial charge in [-0.25, -0.2) is 8.78 Å². The van der Waals surface area contributed by atoms with Gasteiger partial charge in [0.15, 0.2) is 11.6 Å². The van der Waals surface area contributed by atoms with E-state index in [0.717, 1.165) is 29.0 Å². The Bertz CT molecular complexity index is 1230. The van der Waals surface area contributed by atoms with Crippen molar-refractivity contribution in [3.05, 3.63) is 74.3 Å². The number of β-amino-alcohol motifs (C(OH)–C–C–N with tert-alkyl or cyclic N) is 1. The summed E-state index contributed by atoms with van der Waals surface area (Å²) in [5.41, 5.74) is 2.76. The smallest absolute Gasteiger partial charge is 0.383 e. The van der Waals surface area contributed by atoms with Gasteiger partial charge in [-0.15, -0.1) is 0 Å². The van der Waals surface area contributed by atoms with Gasteiger partial charge < -0.3 is 15.2 Å². The number of benzene rings is 1. The van der Waals surface area contributed by atoms with Crippen molar-refractivity contribution < 1.29 is 18.8 Å². The molecule has 3 heterocycles. The Balaban J connectivity index is 1.49. The van der Waals surface area contributed by atoms with Crippen LogP contribution in [0.5, 0.6) is 0 Å².